The number of aryl methyl sites for hydroxylation is 2. The first-order valence-corrected chi connectivity index (χ1v) is 10.5. The van der Waals surface area contributed by atoms with Crippen molar-refractivity contribution < 1.29 is 14.4 Å². The lowest BCUT2D eigenvalue weighted by Crippen LogP contribution is -2.54. The Bertz CT molecular complexity index is 1260. The van der Waals surface area contributed by atoms with E-state index in [2.05, 4.69) is 5.32 Å². The van der Waals surface area contributed by atoms with Gasteiger partial charge in [0.25, 0.3) is 11.8 Å². The van der Waals surface area contributed by atoms with Crippen molar-refractivity contribution in [2.24, 2.45) is 0 Å². The Labute approximate surface area is 191 Å². The minimum absolute atomic E-state index is 0.0957. The van der Waals surface area contributed by atoms with Gasteiger partial charge in [-0.1, -0.05) is 60.1 Å². The summed E-state index contributed by atoms with van der Waals surface area (Å²) in [5.74, 6) is -1.36. The fraction of sp³-hybridized carbons (Fsp3) is 0.115. The molecule has 3 aromatic rings. The molecule has 1 aliphatic rings. The van der Waals surface area contributed by atoms with Crippen molar-refractivity contribution in [2.45, 2.75) is 20.3 Å². The standard InChI is InChI=1S/C26H21ClN2O3/c1-16-7-12-21(13-17(16)2)29-25(31)22(24(30)28-26(29)32)15-19-10-8-18(9-11-19)14-20-5-3-4-6-23(20)27/h3-13,15H,14H2,1-2H3,(H,28,30,32)/b22-15+. The fourth-order valence-corrected chi connectivity index (χ4v) is 3.72. The predicted octanol–water partition coefficient (Wildman–Crippen LogP) is 5.21. The second-order valence-electron chi connectivity index (χ2n) is 7.74. The van der Waals surface area contributed by atoms with Crippen molar-refractivity contribution in [3.8, 4) is 0 Å². The number of nitrogens with one attached hydrogen (secondary N) is 1. The number of halogens is 1. The largest absolute Gasteiger partial charge is 0.335 e. The predicted molar refractivity (Wildman–Crippen MR) is 126 cm³/mol. The molecular weight excluding hydrogens is 424 g/mol. The first-order valence-electron chi connectivity index (χ1n) is 10.1. The summed E-state index contributed by atoms with van der Waals surface area (Å²) < 4.78 is 0. The Kier molecular flexibility index (Phi) is 5.93. The number of benzene rings is 3. The van der Waals surface area contributed by atoms with Gasteiger partial charge in [-0.2, -0.15) is 0 Å². The normalized spacial score (nSPS) is 15.3. The minimum Gasteiger partial charge on any atom is -0.273 e. The zero-order valence-electron chi connectivity index (χ0n) is 17.7. The van der Waals surface area contributed by atoms with Crippen LogP contribution in [-0.4, -0.2) is 17.8 Å². The fourth-order valence-electron chi connectivity index (χ4n) is 3.52. The molecule has 1 N–H and O–H groups in total. The number of hydrogen-bond acceptors (Lipinski definition) is 3. The van der Waals surface area contributed by atoms with E-state index in [1.807, 2.05) is 68.4 Å². The summed E-state index contributed by atoms with van der Waals surface area (Å²) in [4.78, 5) is 38.8. The molecule has 3 aromatic carbocycles. The van der Waals surface area contributed by atoms with Crippen molar-refractivity contribution in [2.75, 3.05) is 4.90 Å². The molecule has 0 saturated carbocycles. The molecule has 0 unspecified atom stereocenters. The van der Waals surface area contributed by atoms with E-state index >= 15 is 0 Å². The Morgan fingerprint density at radius 2 is 1.62 bits per heavy atom. The van der Waals surface area contributed by atoms with Gasteiger partial charge in [-0.25, -0.2) is 9.69 Å². The van der Waals surface area contributed by atoms with Crippen LogP contribution in [-0.2, 0) is 16.0 Å². The molecule has 0 spiro atoms. The van der Waals surface area contributed by atoms with E-state index in [9.17, 15) is 14.4 Å². The average molecular weight is 445 g/mol. The lowest BCUT2D eigenvalue weighted by molar-refractivity contribution is -0.122. The number of carbonyl (C=O) groups excluding carboxylic acids is 3. The van der Waals surface area contributed by atoms with E-state index in [1.165, 1.54) is 6.08 Å². The topological polar surface area (TPSA) is 66.5 Å². The average Bonchev–Trinajstić information content (AvgIpc) is 2.76. The van der Waals surface area contributed by atoms with Gasteiger partial charge in [-0.3, -0.25) is 14.9 Å². The quantitative estimate of drug-likeness (QED) is 0.443. The number of nitrogens with zero attached hydrogens (tertiary/aromatic N) is 1. The Hall–Kier alpha value is -3.70. The van der Waals surface area contributed by atoms with Gasteiger partial charge >= 0.3 is 6.03 Å². The molecule has 6 heteroatoms. The van der Waals surface area contributed by atoms with Gasteiger partial charge in [0.1, 0.15) is 5.57 Å². The molecule has 0 bridgehead atoms. The van der Waals surface area contributed by atoms with Crippen molar-refractivity contribution in [1.29, 1.82) is 0 Å². The van der Waals surface area contributed by atoms with Crippen LogP contribution in [0.4, 0.5) is 10.5 Å². The highest BCUT2D eigenvalue weighted by molar-refractivity contribution is 6.39. The summed E-state index contributed by atoms with van der Waals surface area (Å²) in [6.45, 7) is 3.85. The van der Waals surface area contributed by atoms with E-state index in [4.69, 9.17) is 11.6 Å². The van der Waals surface area contributed by atoms with Crippen LogP contribution >= 0.6 is 11.6 Å². The van der Waals surface area contributed by atoms with Gasteiger partial charge in [0.15, 0.2) is 0 Å². The SMILES string of the molecule is Cc1ccc(N2C(=O)NC(=O)/C(=C\c3ccc(Cc4ccccc4Cl)cc3)C2=O)cc1C. The van der Waals surface area contributed by atoms with Crippen LogP contribution in [0.3, 0.4) is 0 Å². The number of anilines is 1. The first kappa shape index (κ1) is 21.5. The molecule has 1 saturated heterocycles. The van der Waals surface area contributed by atoms with E-state index < -0.39 is 17.8 Å². The zero-order chi connectivity index (χ0) is 22.8. The monoisotopic (exact) mass is 444 g/mol. The Morgan fingerprint density at radius 1 is 0.906 bits per heavy atom. The second-order valence-corrected chi connectivity index (χ2v) is 8.14. The minimum atomic E-state index is -0.754. The molecule has 0 aromatic heterocycles. The zero-order valence-corrected chi connectivity index (χ0v) is 18.4. The number of amides is 4. The number of hydrogen-bond donors (Lipinski definition) is 1. The summed E-state index contributed by atoms with van der Waals surface area (Å²) in [5, 5.41) is 2.96. The number of carbonyl (C=O) groups is 3. The summed E-state index contributed by atoms with van der Waals surface area (Å²) in [6.07, 6.45) is 2.17. The molecule has 4 amide bonds. The van der Waals surface area contributed by atoms with Gasteiger partial charge in [0, 0.05) is 5.02 Å². The molecule has 0 atom stereocenters. The molecule has 160 valence electrons. The second kappa shape index (κ2) is 8.81. The smallest absolute Gasteiger partial charge is 0.273 e. The molecule has 32 heavy (non-hydrogen) atoms. The molecular formula is C26H21ClN2O3. The molecule has 0 aliphatic carbocycles. The summed E-state index contributed by atoms with van der Waals surface area (Å²) in [5.41, 5.74) is 5.06. The van der Waals surface area contributed by atoms with E-state index in [0.29, 0.717) is 22.7 Å². The molecule has 1 heterocycles. The summed E-state index contributed by atoms with van der Waals surface area (Å²) >= 11 is 6.24. The van der Waals surface area contributed by atoms with Crippen molar-refractivity contribution in [3.05, 3.63) is 105 Å². The van der Waals surface area contributed by atoms with Crippen LogP contribution in [0.25, 0.3) is 6.08 Å². The van der Waals surface area contributed by atoms with Crippen molar-refractivity contribution in [1.82, 2.24) is 5.32 Å². The lowest BCUT2D eigenvalue weighted by atomic mass is 10.0. The van der Waals surface area contributed by atoms with E-state index in [1.54, 1.807) is 12.1 Å². The maximum absolute atomic E-state index is 13.1. The van der Waals surface area contributed by atoms with Crippen LogP contribution in [0, 0.1) is 13.8 Å². The number of rotatable bonds is 4. The van der Waals surface area contributed by atoms with Gasteiger partial charge in [-0.15, -0.1) is 0 Å². The maximum atomic E-state index is 13.1. The van der Waals surface area contributed by atoms with Crippen molar-refractivity contribution in [3.63, 3.8) is 0 Å². The van der Waals surface area contributed by atoms with Gasteiger partial charge < -0.3 is 0 Å². The molecule has 0 radical (unpaired) electrons. The van der Waals surface area contributed by atoms with Gasteiger partial charge in [-0.05, 0) is 72.4 Å². The van der Waals surface area contributed by atoms with Crippen LogP contribution < -0.4 is 10.2 Å². The Balaban J connectivity index is 1.60. The summed E-state index contributed by atoms with van der Waals surface area (Å²) in [6, 6.07) is 19.7. The number of imide groups is 2. The third-order valence-electron chi connectivity index (χ3n) is 5.49. The van der Waals surface area contributed by atoms with E-state index in [-0.39, 0.29) is 5.57 Å². The molecule has 1 aliphatic heterocycles. The molecule has 5 nitrogen and oxygen atoms in total. The Morgan fingerprint density at radius 3 is 2.31 bits per heavy atom. The number of urea groups is 1. The highest BCUT2D eigenvalue weighted by atomic mass is 35.5. The van der Waals surface area contributed by atoms with Crippen LogP contribution in [0.1, 0.15) is 27.8 Å². The lowest BCUT2D eigenvalue weighted by Gasteiger charge is -2.26. The number of barbiturate groups is 1. The van der Waals surface area contributed by atoms with Gasteiger partial charge in [0.2, 0.25) is 0 Å². The highest BCUT2D eigenvalue weighted by Gasteiger charge is 2.36. The third kappa shape index (κ3) is 4.34. The van der Waals surface area contributed by atoms with Crippen LogP contribution in [0.15, 0.2) is 72.3 Å². The summed E-state index contributed by atoms with van der Waals surface area (Å²) in [7, 11) is 0. The van der Waals surface area contributed by atoms with Crippen molar-refractivity contribution >= 4 is 41.2 Å². The maximum Gasteiger partial charge on any atom is 0.335 e. The van der Waals surface area contributed by atoms with Crippen LogP contribution in [0.5, 0.6) is 0 Å². The van der Waals surface area contributed by atoms with Crippen LogP contribution in [0.2, 0.25) is 5.02 Å². The highest BCUT2D eigenvalue weighted by Crippen LogP contribution is 2.25. The van der Waals surface area contributed by atoms with Gasteiger partial charge in [0.05, 0.1) is 5.69 Å². The third-order valence-corrected chi connectivity index (χ3v) is 5.86. The van der Waals surface area contributed by atoms with E-state index in [0.717, 1.165) is 27.2 Å². The molecule has 4 rings (SSSR count). The molecule has 1 fully saturated rings. The first-order chi connectivity index (χ1) is 15.3.